The Kier molecular flexibility index (Phi) is 4.27. The fourth-order valence-electron chi connectivity index (χ4n) is 1.60. The van der Waals surface area contributed by atoms with Crippen molar-refractivity contribution in [1.29, 1.82) is 0 Å². The summed E-state index contributed by atoms with van der Waals surface area (Å²) < 4.78 is 0. The highest BCUT2D eigenvalue weighted by Crippen LogP contribution is 2.23. The number of benzene rings is 1. The molecule has 0 spiro atoms. The van der Waals surface area contributed by atoms with Gasteiger partial charge in [0.1, 0.15) is 5.69 Å². The number of nitrogens with one attached hydrogen (secondary N) is 1. The van der Waals surface area contributed by atoms with E-state index >= 15 is 0 Å². The molecule has 0 aliphatic rings. The Morgan fingerprint density at radius 3 is 2.60 bits per heavy atom. The van der Waals surface area contributed by atoms with Gasteiger partial charge < -0.3 is 10.4 Å². The SMILES string of the molecule is O=C(N[C@@H](C(=O)O)c1ccccc1Cl)c1cnccn1. The first-order chi connectivity index (χ1) is 9.59. The van der Waals surface area contributed by atoms with Crippen LogP contribution in [-0.4, -0.2) is 27.0 Å². The van der Waals surface area contributed by atoms with Crippen LogP contribution in [0.1, 0.15) is 22.1 Å². The minimum absolute atomic E-state index is 0.0332. The molecular weight excluding hydrogens is 282 g/mol. The highest BCUT2D eigenvalue weighted by Gasteiger charge is 2.25. The standard InChI is InChI=1S/C13H10ClN3O3/c14-9-4-2-1-3-8(9)11(13(19)20)17-12(18)10-7-15-5-6-16-10/h1-7,11H,(H,17,18)(H,19,20)/t11-/m1/s1. The van der Waals surface area contributed by atoms with Gasteiger partial charge >= 0.3 is 5.97 Å². The molecule has 20 heavy (non-hydrogen) atoms. The molecule has 0 saturated carbocycles. The van der Waals surface area contributed by atoms with Crippen molar-refractivity contribution in [2.24, 2.45) is 0 Å². The quantitative estimate of drug-likeness (QED) is 0.894. The lowest BCUT2D eigenvalue weighted by atomic mass is 10.1. The second-order valence-corrected chi connectivity index (χ2v) is 4.26. The van der Waals surface area contributed by atoms with E-state index in [1.54, 1.807) is 18.2 Å². The van der Waals surface area contributed by atoms with Gasteiger partial charge in [0.25, 0.3) is 5.91 Å². The third-order valence-corrected chi connectivity index (χ3v) is 2.88. The second-order valence-electron chi connectivity index (χ2n) is 3.86. The molecule has 0 radical (unpaired) electrons. The number of aliphatic carboxylic acids is 1. The van der Waals surface area contributed by atoms with Crippen LogP contribution in [0.3, 0.4) is 0 Å². The molecule has 7 heteroatoms. The van der Waals surface area contributed by atoms with E-state index in [2.05, 4.69) is 15.3 Å². The number of nitrogens with zero attached hydrogens (tertiary/aromatic N) is 2. The van der Waals surface area contributed by atoms with Crippen molar-refractivity contribution in [1.82, 2.24) is 15.3 Å². The zero-order valence-corrected chi connectivity index (χ0v) is 10.9. The number of carboxylic acid groups (broad SMARTS) is 1. The molecule has 102 valence electrons. The summed E-state index contributed by atoms with van der Waals surface area (Å²) in [6.07, 6.45) is 4.01. The van der Waals surface area contributed by atoms with Crippen molar-refractivity contribution in [2.45, 2.75) is 6.04 Å². The lowest BCUT2D eigenvalue weighted by Gasteiger charge is -2.15. The summed E-state index contributed by atoms with van der Waals surface area (Å²) in [6, 6.07) is 5.17. The van der Waals surface area contributed by atoms with Crippen LogP contribution in [-0.2, 0) is 4.79 Å². The van der Waals surface area contributed by atoms with Gasteiger partial charge in [0.15, 0.2) is 6.04 Å². The van der Waals surface area contributed by atoms with Crippen molar-refractivity contribution in [2.75, 3.05) is 0 Å². The largest absolute Gasteiger partial charge is 0.479 e. The predicted octanol–water partition coefficient (Wildman–Crippen LogP) is 1.69. The number of carboxylic acids is 1. The summed E-state index contributed by atoms with van der Waals surface area (Å²) >= 11 is 5.95. The Hall–Kier alpha value is -2.47. The summed E-state index contributed by atoms with van der Waals surface area (Å²) in [5.74, 6) is -1.85. The second kappa shape index (κ2) is 6.12. The van der Waals surface area contributed by atoms with Gasteiger partial charge in [-0.05, 0) is 6.07 Å². The molecule has 1 heterocycles. The maximum atomic E-state index is 11.9. The average molecular weight is 292 g/mol. The van der Waals surface area contributed by atoms with Crippen molar-refractivity contribution in [3.8, 4) is 0 Å². The van der Waals surface area contributed by atoms with Crippen molar-refractivity contribution < 1.29 is 14.7 Å². The molecule has 1 aromatic carbocycles. The monoisotopic (exact) mass is 291 g/mol. The lowest BCUT2D eigenvalue weighted by Crippen LogP contribution is -2.34. The van der Waals surface area contributed by atoms with Crippen LogP contribution >= 0.6 is 11.6 Å². The number of amides is 1. The summed E-state index contributed by atoms with van der Waals surface area (Å²) in [5.41, 5.74) is 0.338. The highest BCUT2D eigenvalue weighted by molar-refractivity contribution is 6.31. The third kappa shape index (κ3) is 3.10. The van der Waals surface area contributed by atoms with Gasteiger partial charge in [-0.15, -0.1) is 0 Å². The van der Waals surface area contributed by atoms with Crippen molar-refractivity contribution >= 4 is 23.5 Å². The molecule has 1 amide bonds. The summed E-state index contributed by atoms with van der Waals surface area (Å²) in [4.78, 5) is 30.8. The van der Waals surface area contributed by atoms with Gasteiger partial charge in [-0.3, -0.25) is 9.78 Å². The Morgan fingerprint density at radius 1 is 1.25 bits per heavy atom. The van der Waals surface area contributed by atoms with E-state index in [0.29, 0.717) is 5.56 Å². The lowest BCUT2D eigenvalue weighted by molar-refractivity contribution is -0.139. The summed E-state index contributed by atoms with van der Waals surface area (Å²) in [7, 11) is 0. The first kappa shape index (κ1) is 14.0. The zero-order chi connectivity index (χ0) is 14.5. The molecule has 0 aliphatic heterocycles. The third-order valence-electron chi connectivity index (χ3n) is 2.53. The fraction of sp³-hybridized carbons (Fsp3) is 0.0769. The zero-order valence-electron chi connectivity index (χ0n) is 10.2. The van der Waals surface area contributed by atoms with Gasteiger partial charge in [0.05, 0.1) is 6.20 Å². The molecule has 1 aromatic heterocycles. The van der Waals surface area contributed by atoms with E-state index in [0.717, 1.165) is 0 Å². The van der Waals surface area contributed by atoms with E-state index < -0.39 is 17.9 Å². The summed E-state index contributed by atoms with van der Waals surface area (Å²) in [6.45, 7) is 0. The van der Waals surface area contributed by atoms with Gasteiger partial charge in [0, 0.05) is 23.0 Å². The first-order valence-electron chi connectivity index (χ1n) is 5.63. The number of halogens is 1. The molecule has 0 aliphatic carbocycles. The van der Waals surface area contributed by atoms with Crippen molar-refractivity contribution in [3.63, 3.8) is 0 Å². The smallest absolute Gasteiger partial charge is 0.330 e. The maximum absolute atomic E-state index is 11.9. The maximum Gasteiger partial charge on any atom is 0.330 e. The number of carbonyl (C=O) groups is 2. The predicted molar refractivity (Wildman–Crippen MR) is 71.3 cm³/mol. The van der Waals surface area contributed by atoms with E-state index in [-0.39, 0.29) is 10.7 Å². The van der Waals surface area contributed by atoms with Gasteiger partial charge in [-0.25, -0.2) is 9.78 Å². The van der Waals surface area contributed by atoms with E-state index in [4.69, 9.17) is 11.6 Å². The normalized spacial score (nSPS) is 11.7. The first-order valence-corrected chi connectivity index (χ1v) is 6.01. The van der Waals surface area contributed by atoms with Gasteiger partial charge in [-0.2, -0.15) is 0 Å². The molecule has 1 atom stereocenters. The number of hydrogen-bond donors (Lipinski definition) is 2. The molecule has 0 fully saturated rings. The molecule has 2 rings (SSSR count). The Balaban J connectivity index is 2.26. The van der Waals surface area contributed by atoms with Crippen LogP contribution in [0, 0.1) is 0 Å². The molecule has 0 unspecified atom stereocenters. The van der Waals surface area contributed by atoms with Crippen molar-refractivity contribution in [3.05, 3.63) is 59.1 Å². The van der Waals surface area contributed by atoms with E-state index in [1.165, 1.54) is 24.7 Å². The molecule has 6 nitrogen and oxygen atoms in total. The van der Waals surface area contributed by atoms with Crippen LogP contribution in [0.5, 0.6) is 0 Å². The summed E-state index contributed by atoms with van der Waals surface area (Å²) in [5, 5.41) is 11.9. The number of hydrogen-bond acceptors (Lipinski definition) is 4. The minimum Gasteiger partial charge on any atom is -0.479 e. The molecule has 0 saturated heterocycles. The molecular formula is C13H10ClN3O3. The minimum atomic E-state index is -1.25. The molecule has 2 aromatic rings. The fourth-order valence-corrected chi connectivity index (χ4v) is 1.85. The molecule has 2 N–H and O–H groups in total. The average Bonchev–Trinajstić information content (AvgIpc) is 2.46. The Morgan fingerprint density at radius 2 is 2.00 bits per heavy atom. The molecule has 0 bridgehead atoms. The van der Waals surface area contributed by atoms with E-state index in [9.17, 15) is 14.7 Å². The van der Waals surface area contributed by atoms with Crippen LogP contribution < -0.4 is 5.32 Å². The Bertz CT molecular complexity index is 634. The van der Waals surface area contributed by atoms with Crippen LogP contribution in [0.4, 0.5) is 0 Å². The van der Waals surface area contributed by atoms with Crippen LogP contribution in [0.25, 0.3) is 0 Å². The number of aromatic nitrogens is 2. The van der Waals surface area contributed by atoms with Crippen LogP contribution in [0.2, 0.25) is 5.02 Å². The highest BCUT2D eigenvalue weighted by atomic mass is 35.5. The van der Waals surface area contributed by atoms with Gasteiger partial charge in [-0.1, -0.05) is 29.8 Å². The van der Waals surface area contributed by atoms with E-state index in [1.807, 2.05) is 0 Å². The van der Waals surface area contributed by atoms with Gasteiger partial charge in [0.2, 0.25) is 0 Å². The topological polar surface area (TPSA) is 92.2 Å². The number of rotatable bonds is 4. The Labute approximate surface area is 119 Å². The van der Waals surface area contributed by atoms with Crippen LogP contribution in [0.15, 0.2) is 42.9 Å². The number of carbonyl (C=O) groups excluding carboxylic acids is 1.